The molecular weight excluding hydrogens is 270 g/mol. The fourth-order valence-corrected chi connectivity index (χ4v) is 1.89. The fraction of sp³-hybridized carbons (Fsp3) is 0.400. The van der Waals surface area contributed by atoms with Crippen molar-refractivity contribution in [3.8, 4) is 17.0 Å². The van der Waals surface area contributed by atoms with Crippen LogP contribution in [0.25, 0.3) is 11.3 Å². The minimum atomic E-state index is -0.104. The first-order valence-electron chi connectivity index (χ1n) is 6.95. The molecule has 0 saturated heterocycles. The average Bonchev–Trinajstić information content (AvgIpc) is 2.87. The maximum Gasteiger partial charge on any atom is 0.225 e. The Balaban J connectivity index is 2.14. The minimum absolute atomic E-state index is 0.104. The van der Waals surface area contributed by atoms with E-state index in [1.807, 2.05) is 45.0 Å². The molecule has 0 saturated carbocycles. The number of amides is 1. The molecule has 1 amide bonds. The van der Waals surface area contributed by atoms with Crippen molar-refractivity contribution in [2.75, 3.05) is 11.9 Å². The minimum Gasteiger partial charge on any atom is -0.494 e. The quantitative estimate of drug-likeness (QED) is 0.884. The van der Waals surface area contributed by atoms with E-state index in [0.29, 0.717) is 24.5 Å². The standard InChI is InChI=1S/C15H19N3O3/c1-4-20-12-7-5-11(6-8-12)14-15(18-21-17-14)16-13(19)9-10(2)3/h5-8,10H,4,9H2,1-3H3,(H,16,18,19). The van der Waals surface area contributed by atoms with Crippen LogP contribution in [0.15, 0.2) is 28.9 Å². The van der Waals surface area contributed by atoms with Gasteiger partial charge in [-0.15, -0.1) is 0 Å². The van der Waals surface area contributed by atoms with Gasteiger partial charge in [-0.1, -0.05) is 13.8 Å². The van der Waals surface area contributed by atoms with E-state index < -0.39 is 0 Å². The molecule has 1 N–H and O–H groups in total. The van der Waals surface area contributed by atoms with Gasteiger partial charge in [-0.2, -0.15) is 0 Å². The van der Waals surface area contributed by atoms with Crippen molar-refractivity contribution in [1.82, 2.24) is 10.3 Å². The Bertz CT molecular complexity index is 590. The molecule has 0 fully saturated rings. The van der Waals surface area contributed by atoms with Crippen LogP contribution in [0.5, 0.6) is 5.75 Å². The van der Waals surface area contributed by atoms with Gasteiger partial charge < -0.3 is 10.1 Å². The summed E-state index contributed by atoms with van der Waals surface area (Å²) in [6.45, 7) is 6.50. The number of benzene rings is 1. The molecule has 0 aliphatic carbocycles. The zero-order chi connectivity index (χ0) is 15.2. The summed E-state index contributed by atoms with van der Waals surface area (Å²) < 4.78 is 10.1. The van der Waals surface area contributed by atoms with Gasteiger partial charge in [-0.25, -0.2) is 4.63 Å². The van der Waals surface area contributed by atoms with Crippen LogP contribution in [-0.2, 0) is 4.79 Å². The summed E-state index contributed by atoms with van der Waals surface area (Å²) in [5.41, 5.74) is 1.31. The van der Waals surface area contributed by atoms with Crippen molar-refractivity contribution < 1.29 is 14.2 Å². The number of carbonyl (C=O) groups is 1. The Labute approximate surface area is 123 Å². The van der Waals surface area contributed by atoms with Crippen LogP contribution in [0.4, 0.5) is 5.82 Å². The SMILES string of the molecule is CCOc1ccc(-c2nonc2NC(=O)CC(C)C)cc1. The molecule has 2 rings (SSSR count). The van der Waals surface area contributed by atoms with Gasteiger partial charge in [0.05, 0.1) is 6.61 Å². The number of anilines is 1. The Kier molecular flexibility index (Phi) is 4.92. The zero-order valence-electron chi connectivity index (χ0n) is 12.4. The highest BCUT2D eigenvalue weighted by Crippen LogP contribution is 2.26. The fourth-order valence-electron chi connectivity index (χ4n) is 1.89. The van der Waals surface area contributed by atoms with Crippen LogP contribution in [-0.4, -0.2) is 22.8 Å². The van der Waals surface area contributed by atoms with E-state index in [4.69, 9.17) is 9.37 Å². The van der Waals surface area contributed by atoms with Gasteiger partial charge >= 0.3 is 0 Å². The summed E-state index contributed by atoms with van der Waals surface area (Å²) in [6, 6.07) is 7.38. The van der Waals surface area contributed by atoms with E-state index in [1.165, 1.54) is 0 Å². The number of nitrogens with zero attached hydrogens (tertiary/aromatic N) is 2. The van der Waals surface area contributed by atoms with Gasteiger partial charge in [0.25, 0.3) is 0 Å². The van der Waals surface area contributed by atoms with E-state index in [9.17, 15) is 4.79 Å². The number of aromatic nitrogens is 2. The third-order valence-corrected chi connectivity index (χ3v) is 2.78. The van der Waals surface area contributed by atoms with Crippen LogP contribution in [0.3, 0.4) is 0 Å². The van der Waals surface area contributed by atoms with Gasteiger partial charge in [0.15, 0.2) is 5.69 Å². The Morgan fingerprint density at radius 3 is 2.62 bits per heavy atom. The summed E-state index contributed by atoms with van der Waals surface area (Å²) in [7, 11) is 0. The van der Waals surface area contributed by atoms with Crippen molar-refractivity contribution in [3.63, 3.8) is 0 Å². The predicted octanol–water partition coefficient (Wildman–Crippen LogP) is 3.12. The van der Waals surface area contributed by atoms with E-state index in [-0.39, 0.29) is 11.8 Å². The molecule has 0 aliphatic rings. The van der Waals surface area contributed by atoms with E-state index in [1.54, 1.807) is 0 Å². The Hall–Kier alpha value is -2.37. The second-order valence-electron chi connectivity index (χ2n) is 5.06. The number of nitrogens with one attached hydrogen (secondary N) is 1. The van der Waals surface area contributed by atoms with Gasteiger partial charge in [0.2, 0.25) is 11.7 Å². The maximum absolute atomic E-state index is 11.8. The molecule has 0 aliphatic heterocycles. The smallest absolute Gasteiger partial charge is 0.225 e. The van der Waals surface area contributed by atoms with Crippen molar-refractivity contribution in [2.24, 2.45) is 5.92 Å². The molecule has 21 heavy (non-hydrogen) atoms. The lowest BCUT2D eigenvalue weighted by Crippen LogP contribution is -2.14. The molecule has 6 heteroatoms. The summed E-state index contributed by atoms with van der Waals surface area (Å²) in [6.07, 6.45) is 0.426. The number of carbonyl (C=O) groups excluding carboxylic acids is 1. The lowest BCUT2D eigenvalue weighted by atomic mass is 10.1. The average molecular weight is 289 g/mol. The first kappa shape index (κ1) is 15.0. The Morgan fingerprint density at radius 1 is 1.29 bits per heavy atom. The summed E-state index contributed by atoms with van der Waals surface area (Å²) in [4.78, 5) is 11.8. The molecule has 1 aromatic carbocycles. The largest absolute Gasteiger partial charge is 0.494 e. The van der Waals surface area contributed by atoms with Crippen molar-refractivity contribution in [1.29, 1.82) is 0 Å². The normalized spacial score (nSPS) is 10.7. The maximum atomic E-state index is 11.8. The molecule has 1 heterocycles. The highest BCUT2D eigenvalue weighted by Gasteiger charge is 2.15. The second kappa shape index (κ2) is 6.88. The van der Waals surface area contributed by atoms with Crippen molar-refractivity contribution in [3.05, 3.63) is 24.3 Å². The molecule has 0 radical (unpaired) electrons. The summed E-state index contributed by atoms with van der Waals surface area (Å²) in [5, 5.41) is 10.3. The van der Waals surface area contributed by atoms with Crippen molar-refractivity contribution >= 4 is 11.7 Å². The lowest BCUT2D eigenvalue weighted by Gasteiger charge is -2.06. The van der Waals surface area contributed by atoms with Crippen LogP contribution in [0, 0.1) is 5.92 Å². The molecule has 0 atom stereocenters. The van der Waals surface area contributed by atoms with Gasteiger partial charge in [0.1, 0.15) is 5.75 Å². The highest BCUT2D eigenvalue weighted by atomic mass is 16.6. The Morgan fingerprint density at radius 2 is 2.00 bits per heavy atom. The third-order valence-electron chi connectivity index (χ3n) is 2.78. The van der Waals surface area contributed by atoms with Crippen LogP contribution in [0.2, 0.25) is 0 Å². The summed E-state index contributed by atoms with van der Waals surface area (Å²) >= 11 is 0. The lowest BCUT2D eigenvalue weighted by molar-refractivity contribution is -0.116. The van der Waals surface area contributed by atoms with Crippen LogP contribution < -0.4 is 10.1 Å². The van der Waals surface area contributed by atoms with Gasteiger partial charge in [-0.3, -0.25) is 4.79 Å². The second-order valence-corrected chi connectivity index (χ2v) is 5.06. The van der Waals surface area contributed by atoms with E-state index >= 15 is 0 Å². The number of ether oxygens (including phenoxy) is 1. The molecule has 6 nitrogen and oxygen atoms in total. The molecule has 0 bridgehead atoms. The monoisotopic (exact) mass is 289 g/mol. The molecule has 112 valence electrons. The molecular formula is C15H19N3O3. The van der Waals surface area contributed by atoms with Crippen LogP contribution >= 0.6 is 0 Å². The zero-order valence-corrected chi connectivity index (χ0v) is 12.4. The topological polar surface area (TPSA) is 77.2 Å². The van der Waals surface area contributed by atoms with Gasteiger partial charge in [0, 0.05) is 12.0 Å². The third kappa shape index (κ3) is 4.05. The van der Waals surface area contributed by atoms with E-state index in [2.05, 4.69) is 15.6 Å². The molecule has 0 unspecified atom stereocenters. The molecule has 0 spiro atoms. The number of hydrogen-bond acceptors (Lipinski definition) is 5. The first-order valence-corrected chi connectivity index (χ1v) is 6.95. The van der Waals surface area contributed by atoms with Crippen LogP contribution in [0.1, 0.15) is 27.2 Å². The predicted molar refractivity (Wildman–Crippen MR) is 79.0 cm³/mol. The van der Waals surface area contributed by atoms with Gasteiger partial charge in [-0.05, 0) is 47.4 Å². The molecule has 1 aromatic heterocycles. The number of rotatable bonds is 6. The van der Waals surface area contributed by atoms with E-state index in [0.717, 1.165) is 11.3 Å². The molecule has 2 aromatic rings. The van der Waals surface area contributed by atoms with Crippen molar-refractivity contribution in [2.45, 2.75) is 27.2 Å². The summed E-state index contributed by atoms with van der Waals surface area (Å²) in [5.74, 6) is 1.29. The highest BCUT2D eigenvalue weighted by molar-refractivity contribution is 5.93. The number of hydrogen-bond donors (Lipinski definition) is 1. The first-order chi connectivity index (χ1) is 10.1.